The van der Waals surface area contributed by atoms with E-state index in [0.29, 0.717) is 39.4 Å². The zero-order valence-corrected chi connectivity index (χ0v) is 49.5. The zero-order chi connectivity index (χ0) is 61.4. The molecule has 6 heterocycles. The number of aromatic nitrogens is 6. The van der Waals surface area contributed by atoms with E-state index in [-0.39, 0.29) is 0 Å². The summed E-state index contributed by atoms with van der Waals surface area (Å²) >= 11 is 0. The van der Waals surface area contributed by atoms with Gasteiger partial charge in [-0.05, 0) is 107 Å². The average molecular weight is 1190 g/mol. The molecule has 0 aliphatic rings. The largest absolute Gasteiger partial charge is 0.422 e. The molecule has 0 spiro atoms. The Kier molecular flexibility index (Phi) is 11.4. The maximum atomic E-state index is 14.8. The van der Waals surface area contributed by atoms with Crippen LogP contribution in [0.5, 0.6) is 0 Å². The highest BCUT2D eigenvalue weighted by molar-refractivity contribution is 6.29. The Labute approximate surface area is 529 Å². The highest BCUT2D eigenvalue weighted by atomic mass is 16.4. The highest BCUT2D eigenvalue weighted by Crippen LogP contribution is 2.46. The lowest BCUT2D eigenvalue weighted by molar-refractivity contribution is 0.569. The van der Waals surface area contributed by atoms with Crippen molar-refractivity contribution < 1.29 is 8.83 Å². The number of hydrogen-bond acceptors (Lipinski definition) is 7. The smallest absolute Gasteiger partial charge is 0.344 e. The van der Waals surface area contributed by atoms with Crippen molar-refractivity contribution in [3.8, 4) is 73.5 Å². The van der Waals surface area contributed by atoms with E-state index in [4.69, 9.17) is 23.8 Å². The summed E-state index contributed by atoms with van der Waals surface area (Å²) in [4.78, 5) is 44.2. The van der Waals surface area contributed by atoms with Crippen LogP contribution in [0.4, 0.5) is 0 Å². The molecular formula is C83H48N6O4. The fraction of sp³-hybridized carbons (Fsp3) is 0. The molecule has 434 valence electrons. The van der Waals surface area contributed by atoms with E-state index in [0.717, 1.165) is 132 Å². The first-order valence-electron chi connectivity index (χ1n) is 31.0. The summed E-state index contributed by atoms with van der Waals surface area (Å²) in [5.41, 5.74) is 15.3. The standard InChI is InChI=1S/C83H48N6O4/c90-82-65-44-43-61-60-42-38-53(52-37-41-59-58-27-10-14-31-68(58)87(70(59)46-52)55-24-8-3-9-25-55)47-71(60)88(77(61)75(65)63-29-12-16-33-72(63)92-82)56-39-35-49(36-40-56)66-48-67-76(64-30-13-17-34-73(64)93-83(67)91)78-74(66)62-28-11-15-32-69(62)89(78)57-26-18-23-54(45-57)81-85-79(50-19-4-1-5-20-50)84-80(86-81)51-21-6-2-7-22-51/h1-48H. The van der Waals surface area contributed by atoms with Crippen molar-refractivity contribution >= 4 is 109 Å². The summed E-state index contributed by atoms with van der Waals surface area (Å²) in [6.45, 7) is 0. The Bertz CT molecular complexity index is 6410. The number of rotatable bonds is 8. The van der Waals surface area contributed by atoms with E-state index in [1.54, 1.807) is 0 Å². The van der Waals surface area contributed by atoms with Gasteiger partial charge in [-0.3, -0.25) is 0 Å². The van der Waals surface area contributed by atoms with Crippen LogP contribution >= 0.6 is 0 Å². The number of hydrogen-bond donors (Lipinski definition) is 0. The predicted octanol–water partition coefficient (Wildman–Crippen LogP) is 20.0. The molecule has 13 aromatic carbocycles. The minimum atomic E-state index is -0.438. The summed E-state index contributed by atoms with van der Waals surface area (Å²) in [6, 6.07) is 99.5. The molecule has 0 atom stereocenters. The van der Waals surface area contributed by atoms with Gasteiger partial charge in [0, 0.05) is 87.6 Å². The van der Waals surface area contributed by atoms with Gasteiger partial charge in [-0.25, -0.2) is 24.5 Å². The van der Waals surface area contributed by atoms with Crippen LogP contribution in [0.15, 0.2) is 310 Å². The summed E-state index contributed by atoms with van der Waals surface area (Å²) in [5.74, 6) is 1.66. The van der Waals surface area contributed by atoms with E-state index in [9.17, 15) is 9.59 Å². The molecule has 10 nitrogen and oxygen atoms in total. The zero-order valence-electron chi connectivity index (χ0n) is 49.5. The van der Waals surface area contributed by atoms with Crippen LogP contribution in [0.1, 0.15) is 0 Å². The number of para-hydroxylation sites is 5. The van der Waals surface area contributed by atoms with Crippen molar-refractivity contribution in [3.63, 3.8) is 0 Å². The fourth-order valence-corrected chi connectivity index (χ4v) is 14.4. The lowest BCUT2D eigenvalue weighted by atomic mass is 9.94. The highest BCUT2D eigenvalue weighted by Gasteiger charge is 2.26. The summed E-state index contributed by atoms with van der Waals surface area (Å²) in [7, 11) is 0. The van der Waals surface area contributed by atoms with Crippen LogP contribution in [-0.4, -0.2) is 28.7 Å². The SMILES string of the molecule is O=c1oc2ccccc2c2c1ccc1c3ccc(-c4ccc5c6ccccc6n(-c6ccccc6)c5c4)cc3n(-c3ccc(-c4cc5c(=O)oc6ccccc6c5c5c4c4ccccc4n5-c4cccc(-c5nc(-c6ccccc6)nc(-c6ccccc6)n5)c4)cc3)c12. The van der Waals surface area contributed by atoms with Crippen molar-refractivity contribution in [2.75, 3.05) is 0 Å². The van der Waals surface area contributed by atoms with Gasteiger partial charge < -0.3 is 22.5 Å². The maximum absolute atomic E-state index is 14.8. The Balaban J connectivity index is 0.836. The van der Waals surface area contributed by atoms with E-state index < -0.39 is 11.3 Å². The van der Waals surface area contributed by atoms with Crippen molar-refractivity contribution in [2.45, 2.75) is 0 Å². The third kappa shape index (κ3) is 8.05. The maximum Gasteiger partial charge on any atom is 0.344 e. The molecule has 0 N–H and O–H groups in total. The third-order valence-corrected chi connectivity index (χ3v) is 18.5. The second-order valence-electron chi connectivity index (χ2n) is 23.7. The molecule has 6 aromatic heterocycles. The van der Waals surface area contributed by atoms with Gasteiger partial charge in [0.1, 0.15) is 11.2 Å². The van der Waals surface area contributed by atoms with Gasteiger partial charge in [0.25, 0.3) is 0 Å². The first-order valence-corrected chi connectivity index (χ1v) is 31.0. The van der Waals surface area contributed by atoms with E-state index in [2.05, 4.69) is 171 Å². The van der Waals surface area contributed by atoms with Crippen molar-refractivity contribution in [1.82, 2.24) is 28.7 Å². The van der Waals surface area contributed by atoms with Gasteiger partial charge in [-0.1, -0.05) is 206 Å². The van der Waals surface area contributed by atoms with Crippen molar-refractivity contribution in [1.29, 1.82) is 0 Å². The van der Waals surface area contributed by atoms with Crippen LogP contribution in [-0.2, 0) is 0 Å². The van der Waals surface area contributed by atoms with Gasteiger partial charge in [-0.15, -0.1) is 0 Å². The molecule has 93 heavy (non-hydrogen) atoms. The molecule has 0 bridgehead atoms. The van der Waals surface area contributed by atoms with Crippen LogP contribution in [0.3, 0.4) is 0 Å². The molecular weight excluding hydrogens is 1140 g/mol. The monoisotopic (exact) mass is 1190 g/mol. The van der Waals surface area contributed by atoms with Crippen molar-refractivity contribution in [2.24, 2.45) is 0 Å². The Hall–Kier alpha value is -12.8. The molecule has 10 heteroatoms. The number of benzene rings is 13. The second-order valence-corrected chi connectivity index (χ2v) is 23.7. The molecule has 0 aliphatic carbocycles. The molecule has 0 saturated carbocycles. The fourth-order valence-electron chi connectivity index (χ4n) is 14.4. The van der Waals surface area contributed by atoms with Gasteiger partial charge in [-0.2, -0.15) is 0 Å². The summed E-state index contributed by atoms with van der Waals surface area (Å²) < 4.78 is 19.1. The van der Waals surface area contributed by atoms with Crippen LogP contribution in [0.2, 0.25) is 0 Å². The topological polar surface area (TPSA) is 114 Å². The first-order chi connectivity index (χ1) is 46.0. The van der Waals surface area contributed by atoms with Gasteiger partial charge in [0.15, 0.2) is 17.5 Å². The molecule has 19 aromatic rings. The summed E-state index contributed by atoms with van der Waals surface area (Å²) in [6.07, 6.45) is 0. The third-order valence-electron chi connectivity index (χ3n) is 18.5. The Morgan fingerprint density at radius 2 is 0.677 bits per heavy atom. The van der Waals surface area contributed by atoms with Gasteiger partial charge in [0.05, 0.1) is 43.9 Å². The number of nitrogens with zero attached hydrogens (tertiary/aromatic N) is 6. The van der Waals surface area contributed by atoms with Gasteiger partial charge in [0.2, 0.25) is 0 Å². The van der Waals surface area contributed by atoms with Crippen molar-refractivity contribution in [3.05, 3.63) is 312 Å². The Morgan fingerprint density at radius 1 is 0.247 bits per heavy atom. The molecule has 0 saturated heterocycles. The van der Waals surface area contributed by atoms with Crippen LogP contribution < -0.4 is 11.3 Å². The Morgan fingerprint density at radius 3 is 1.32 bits per heavy atom. The molecule has 19 rings (SSSR count). The van der Waals surface area contributed by atoms with E-state index in [1.165, 1.54) is 10.8 Å². The van der Waals surface area contributed by atoms with Crippen LogP contribution in [0.25, 0.3) is 182 Å². The molecule has 0 unspecified atom stereocenters. The predicted molar refractivity (Wildman–Crippen MR) is 377 cm³/mol. The minimum Gasteiger partial charge on any atom is -0.422 e. The second kappa shape index (κ2) is 20.4. The van der Waals surface area contributed by atoms with Gasteiger partial charge >= 0.3 is 11.3 Å². The minimum absolute atomic E-state index is 0.399. The quantitative estimate of drug-likeness (QED) is 0.110. The number of fused-ring (bicyclic) bond motifs is 17. The average Bonchev–Trinajstić information content (AvgIpc) is 1.60. The lowest BCUT2D eigenvalue weighted by Crippen LogP contribution is -2.03. The molecule has 0 radical (unpaired) electrons. The first kappa shape index (κ1) is 52.2. The molecule has 0 aliphatic heterocycles. The normalized spacial score (nSPS) is 12.0. The van der Waals surface area contributed by atoms with E-state index in [1.807, 2.05) is 133 Å². The van der Waals surface area contributed by atoms with Crippen LogP contribution in [0, 0.1) is 0 Å². The van der Waals surface area contributed by atoms with E-state index >= 15 is 0 Å². The lowest BCUT2D eigenvalue weighted by Gasteiger charge is -2.15. The molecule has 0 amide bonds. The summed E-state index contributed by atoms with van der Waals surface area (Å²) in [5, 5.41) is 10.6. The molecule has 0 fully saturated rings.